The Bertz CT molecular complexity index is 1340. The number of anilines is 1. The van der Waals surface area contributed by atoms with Gasteiger partial charge in [0.05, 0.1) is 22.8 Å². The summed E-state index contributed by atoms with van der Waals surface area (Å²) < 4.78 is 21.3. The molecule has 1 N–H and O–H groups in total. The van der Waals surface area contributed by atoms with Crippen molar-refractivity contribution >= 4 is 17.3 Å². The number of benzene rings is 3. The first kappa shape index (κ1) is 21.6. The molecule has 4 aromatic rings. The number of non-ortho nitro benzene ring substituents is 1. The van der Waals surface area contributed by atoms with Crippen LogP contribution in [0.25, 0.3) is 17.1 Å². The fraction of sp³-hybridized carbons (Fsp3) is 0.0870. The lowest BCUT2D eigenvalue weighted by molar-refractivity contribution is -0.384. The highest BCUT2D eigenvalue weighted by molar-refractivity contribution is 6.04. The van der Waals surface area contributed by atoms with Crippen LogP contribution in [0.1, 0.15) is 17.3 Å². The average molecular weight is 447 g/mol. The van der Waals surface area contributed by atoms with E-state index in [0.717, 1.165) is 0 Å². The smallest absolute Gasteiger partial charge is 0.336 e. The van der Waals surface area contributed by atoms with E-state index in [1.54, 1.807) is 49.4 Å². The van der Waals surface area contributed by atoms with Crippen molar-refractivity contribution in [1.29, 1.82) is 0 Å². The summed E-state index contributed by atoms with van der Waals surface area (Å²) in [6, 6.07) is 18.4. The summed E-state index contributed by atoms with van der Waals surface area (Å²) in [6.07, 6.45) is 0. The molecule has 4 rings (SSSR count). The van der Waals surface area contributed by atoms with Crippen LogP contribution in [0.15, 0.2) is 72.8 Å². The lowest BCUT2D eigenvalue weighted by Gasteiger charge is -2.10. The second kappa shape index (κ2) is 9.27. The molecule has 33 heavy (non-hydrogen) atoms. The molecule has 3 aromatic carbocycles. The number of carbonyl (C=O) groups is 1. The van der Waals surface area contributed by atoms with Gasteiger partial charge < -0.3 is 10.1 Å². The van der Waals surface area contributed by atoms with E-state index in [9.17, 15) is 19.3 Å². The molecule has 0 aliphatic rings. The summed E-state index contributed by atoms with van der Waals surface area (Å²) in [5.74, 6) is -0.748. The Morgan fingerprint density at radius 1 is 1.12 bits per heavy atom. The van der Waals surface area contributed by atoms with Crippen LogP contribution in [0.4, 0.5) is 15.8 Å². The number of nitro groups is 1. The van der Waals surface area contributed by atoms with Crippen LogP contribution in [0.2, 0.25) is 0 Å². The minimum Gasteiger partial charge on any atom is -0.463 e. The lowest BCUT2D eigenvalue weighted by Crippen LogP contribution is -2.12. The van der Waals surface area contributed by atoms with Crippen LogP contribution in [0.3, 0.4) is 0 Å². The number of hydrogen-bond acceptors (Lipinski definition) is 6. The van der Waals surface area contributed by atoms with E-state index in [4.69, 9.17) is 4.74 Å². The Morgan fingerprint density at radius 2 is 1.91 bits per heavy atom. The van der Waals surface area contributed by atoms with E-state index in [2.05, 4.69) is 15.4 Å². The highest BCUT2D eigenvalue weighted by atomic mass is 19.1. The van der Waals surface area contributed by atoms with E-state index in [0.29, 0.717) is 18.0 Å². The molecule has 0 aliphatic carbocycles. The zero-order chi connectivity index (χ0) is 23.4. The number of carbonyl (C=O) groups excluding carboxylic acids is 1. The summed E-state index contributed by atoms with van der Waals surface area (Å²) in [5, 5.41) is 18.0. The van der Waals surface area contributed by atoms with Crippen molar-refractivity contribution in [2.45, 2.75) is 6.92 Å². The normalized spacial score (nSPS) is 10.6. The highest BCUT2D eigenvalue weighted by Crippen LogP contribution is 2.27. The molecule has 10 heteroatoms. The predicted molar refractivity (Wildman–Crippen MR) is 119 cm³/mol. The van der Waals surface area contributed by atoms with Crippen LogP contribution in [0.5, 0.6) is 6.01 Å². The molecule has 0 unspecified atom stereocenters. The van der Waals surface area contributed by atoms with Gasteiger partial charge in [-0.25, -0.2) is 9.07 Å². The molecule has 9 nitrogen and oxygen atoms in total. The first-order valence-electron chi connectivity index (χ1n) is 9.97. The molecule has 1 heterocycles. The van der Waals surface area contributed by atoms with E-state index in [-0.39, 0.29) is 28.6 Å². The van der Waals surface area contributed by atoms with Gasteiger partial charge in [-0.1, -0.05) is 24.3 Å². The largest absolute Gasteiger partial charge is 0.463 e. The maximum absolute atomic E-state index is 14.5. The number of amides is 1. The van der Waals surface area contributed by atoms with Crippen LogP contribution in [-0.4, -0.2) is 32.2 Å². The second-order valence-electron chi connectivity index (χ2n) is 6.85. The number of nitrogens with one attached hydrogen (secondary N) is 1. The zero-order valence-corrected chi connectivity index (χ0v) is 17.4. The van der Waals surface area contributed by atoms with Gasteiger partial charge in [0.1, 0.15) is 5.82 Å². The molecule has 1 aromatic heterocycles. The van der Waals surface area contributed by atoms with Crippen molar-refractivity contribution < 1.29 is 18.8 Å². The maximum atomic E-state index is 14.5. The molecular formula is C23H18FN5O4. The molecule has 0 fully saturated rings. The molecule has 0 saturated carbocycles. The summed E-state index contributed by atoms with van der Waals surface area (Å²) in [4.78, 5) is 27.3. The Morgan fingerprint density at radius 3 is 2.67 bits per heavy atom. The van der Waals surface area contributed by atoms with Crippen LogP contribution >= 0.6 is 0 Å². The molecule has 0 spiro atoms. The van der Waals surface area contributed by atoms with Crippen LogP contribution in [0, 0.1) is 15.9 Å². The Balaban J connectivity index is 1.68. The summed E-state index contributed by atoms with van der Waals surface area (Å²) in [6.45, 7) is 2.12. The van der Waals surface area contributed by atoms with E-state index >= 15 is 0 Å². The van der Waals surface area contributed by atoms with Crippen molar-refractivity contribution in [3.8, 4) is 23.1 Å². The third kappa shape index (κ3) is 4.69. The Labute approximate surface area is 187 Å². The Hall–Kier alpha value is -4.60. The van der Waals surface area contributed by atoms with Gasteiger partial charge in [0.15, 0.2) is 5.82 Å². The van der Waals surface area contributed by atoms with Gasteiger partial charge in [-0.2, -0.15) is 4.98 Å². The van der Waals surface area contributed by atoms with Gasteiger partial charge in [-0.15, -0.1) is 5.10 Å². The van der Waals surface area contributed by atoms with E-state index in [1.807, 2.05) is 0 Å². The van der Waals surface area contributed by atoms with Crippen molar-refractivity contribution in [2.75, 3.05) is 11.9 Å². The quantitative estimate of drug-likeness (QED) is 0.326. The van der Waals surface area contributed by atoms with Crippen molar-refractivity contribution in [3.63, 3.8) is 0 Å². The molecule has 0 bridgehead atoms. The number of aromatic nitrogens is 3. The minimum atomic E-state index is -0.567. The lowest BCUT2D eigenvalue weighted by atomic mass is 10.1. The number of rotatable bonds is 7. The first-order chi connectivity index (χ1) is 16.0. The first-order valence-corrected chi connectivity index (χ1v) is 9.97. The highest BCUT2D eigenvalue weighted by Gasteiger charge is 2.18. The fourth-order valence-electron chi connectivity index (χ4n) is 3.16. The number of ether oxygens (including phenoxy) is 1. The standard InChI is InChI=1S/C23H18FN5O4/c1-2-33-23-26-21(19-11-3-4-12-20(19)24)28(27-23)17-9-6-8-16(14-17)25-22(30)15-7-5-10-18(13-15)29(31)32/h3-14H,2H2,1H3,(H,25,30). The minimum absolute atomic E-state index is 0.0850. The Kier molecular flexibility index (Phi) is 6.07. The van der Waals surface area contributed by atoms with Gasteiger partial charge in [-0.05, 0) is 43.3 Å². The topological polar surface area (TPSA) is 112 Å². The van der Waals surface area contributed by atoms with Crippen LogP contribution < -0.4 is 10.1 Å². The van der Waals surface area contributed by atoms with E-state index < -0.39 is 16.6 Å². The summed E-state index contributed by atoms with van der Waals surface area (Å²) in [5.41, 5.74) is 1.11. The number of halogens is 1. The molecule has 166 valence electrons. The molecule has 1 amide bonds. The molecular weight excluding hydrogens is 429 g/mol. The summed E-state index contributed by atoms with van der Waals surface area (Å²) in [7, 11) is 0. The molecule has 0 radical (unpaired) electrons. The van der Waals surface area contributed by atoms with Crippen molar-refractivity contribution in [1.82, 2.24) is 14.8 Å². The fourth-order valence-corrected chi connectivity index (χ4v) is 3.16. The molecule has 0 atom stereocenters. The zero-order valence-electron chi connectivity index (χ0n) is 17.4. The van der Waals surface area contributed by atoms with Gasteiger partial charge in [0, 0.05) is 23.4 Å². The SMILES string of the molecule is CCOc1nc(-c2ccccc2F)n(-c2cccc(NC(=O)c3cccc([N+](=O)[O-])c3)c2)n1. The summed E-state index contributed by atoms with van der Waals surface area (Å²) >= 11 is 0. The predicted octanol–water partition coefficient (Wildman–Crippen LogP) is 4.63. The number of nitrogens with zero attached hydrogens (tertiary/aromatic N) is 4. The average Bonchev–Trinajstić information content (AvgIpc) is 3.23. The third-order valence-corrected chi connectivity index (χ3v) is 4.64. The van der Waals surface area contributed by atoms with Gasteiger partial charge in [0.2, 0.25) is 0 Å². The molecule has 0 aliphatic heterocycles. The van der Waals surface area contributed by atoms with Crippen molar-refractivity contribution in [3.05, 3.63) is 94.3 Å². The van der Waals surface area contributed by atoms with Gasteiger partial charge in [0.25, 0.3) is 11.6 Å². The van der Waals surface area contributed by atoms with E-state index in [1.165, 1.54) is 35.0 Å². The number of hydrogen-bond donors (Lipinski definition) is 1. The number of nitro benzene ring substituents is 1. The second-order valence-corrected chi connectivity index (χ2v) is 6.85. The monoisotopic (exact) mass is 447 g/mol. The van der Waals surface area contributed by atoms with Gasteiger partial charge >= 0.3 is 6.01 Å². The maximum Gasteiger partial charge on any atom is 0.336 e. The van der Waals surface area contributed by atoms with Crippen LogP contribution in [-0.2, 0) is 0 Å². The third-order valence-electron chi connectivity index (χ3n) is 4.64. The van der Waals surface area contributed by atoms with Crippen molar-refractivity contribution in [2.24, 2.45) is 0 Å². The molecule has 0 saturated heterocycles. The van der Waals surface area contributed by atoms with Gasteiger partial charge in [-0.3, -0.25) is 14.9 Å².